The normalized spacial score (nSPS) is 11.1. The molecule has 8 N–H and O–H groups in total. The number of Topliss-reactive ketones (excluding diaryl/α,β-unsaturated/α-hetero) is 1. The number of halogens is 6. The zero-order chi connectivity index (χ0) is 55.9. The summed E-state index contributed by atoms with van der Waals surface area (Å²) in [4.78, 5) is 50.9. The van der Waals surface area contributed by atoms with Crippen molar-refractivity contribution in [2.45, 2.75) is 46.8 Å². The van der Waals surface area contributed by atoms with E-state index in [4.69, 9.17) is 23.7 Å². The monoisotopic (exact) mass is 1170 g/mol. The molecule has 0 aliphatic heterocycles. The van der Waals surface area contributed by atoms with E-state index in [0.717, 1.165) is 0 Å². The van der Waals surface area contributed by atoms with Crippen LogP contribution in [0.4, 0.5) is 26.3 Å². The number of fused-ring (bicyclic) bond motifs is 3. The van der Waals surface area contributed by atoms with Crippen LogP contribution in [0.5, 0.6) is 40.2 Å². The molecule has 0 spiro atoms. The van der Waals surface area contributed by atoms with Crippen molar-refractivity contribution in [2.75, 3.05) is 55.0 Å². The van der Waals surface area contributed by atoms with Crippen LogP contribution in [0, 0.1) is 0 Å². The number of nitrogens with zero attached hydrogens (tertiary/aromatic N) is 5. The van der Waals surface area contributed by atoms with E-state index in [0.29, 0.717) is 89.8 Å². The first kappa shape index (κ1) is 65.4. The lowest BCUT2D eigenvalue weighted by atomic mass is 10.3. The highest BCUT2D eigenvalue weighted by Crippen LogP contribution is 2.34. The maximum Gasteiger partial charge on any atom is 0.387 e. The minimum atomic E-state index is -2.92. The fourth-order valence-corrected chi connectivity index (χ4v) is 8.93. The zero-order valence-corrected chi connectivity index (χ0v) is 45.1. The number of hydrogen-bond donors (Lipinski definition) is 4. The number of alkyl halides is 6. The van der Waals surface area contributed by atoms with E-state index in [2.05, 4.69) is 58.8 Å². The van der Waals surface area contributed by atoms with Gasteiger partial charge in [-0.3, -0.25) is 23.8 Å². The molecule has 0 aliphatic carbocycles. The molecule has 5 aromatic heterocycles. The average molecular weight is 1170 g/mol. The lowest BCUT2D eigenvalue weighted by molar-refractivity contribution is -0.120. The van der Waals surface area contributed by atoms with Gasteiger partial charge in [-0.1, -0.05) is 23.5 Å². The van der Waals surface area contributed by atoms with Crippen molar-refractivity contribution in [1.29, 1.82) is 0 Å². The van der Waals surface area contributed by atoms with Gasteiger partial charge in [0.2, 0.25) is 0 Å². The number of allylic oxidation sites excluding steroid dienone is 1. The van der Waals surface area contributed by atoms with Crippen molar-refractivity contribution in [3.05, 3.63) is 103 Å². The Kier molecular flexibility index (Phi) is 27.7. The fourth-order valence-electron chi connectivity index (χ4n) is 6.37. The maximum atomic E-state index is 12.6. The molecule has 428 valence electrons. The number of carbonyl (C=O) groups is 2. The van der Waals surface area contributed by atoms with Gasteiger partial charge in [-0.2, -0.15) is 26.3 Å². The number of nitrogens with one attached hydrogen (secondary N) is 3. The van der Waals surface area contributed by atoms with Gasteiger partial charge in [0, 0.05) is 61.7 Å². The highest BCUT2D eigenvalue weighted by Gasteiger charge is 2.19. The summed E-state index contributed by atoms with van der Waals surface area (Å²) < 4.78 is 129. The van der Waals surface area contributed by atoms with E-state index in [9.17, 15) is 40.1 Å². The Balaban J connectivity index is 0.000000294. The molecule has 0 saturated carbocycles. The molecule has 0 saturated heterocycles. The minimum absolute atomic E-state index is 0. The molecule has 1 atom stereocenters. The molecule has 0 radical (unpaired) electrons. The largest absolute Gasteiger partial charge is 0.504 e. The molecule has 8 aromatic rings. The number of rotatable bonds is 23. The number of carbonyl (C=O) groups excluding carboxylic acids is 2. The molecule has 31 heteroatoms. The standard InChI is InChI=1S/C16H15F2N3O4S.C16H15F2N3O3S.C12H12F2N2O3S.C4H6O2.H3N.H2O/c1-23-13-5-6-19-12(14(13)24-2)8-26(22)16-20-10-4-3-9(25-15(17)18)7-11(10)21-16;1-22-13-5-6-19-12(14(13)23-2)8-25-16-20-10-4-3-9(24-15(17)18)7-11(10)21-16;1-18-5-7(17)6-20-12-15-9-3-2-8(19-11(13)14)4-10(9)16-12;1-6-4-2-3-5;;/h3-7,15H,8H2,1-2H3,(H,20,21);3-7,15H,8H2,1-2H3,(H,20,21);2-4,11H,5-6H2,1H3,(H,15,16);2-4H,1H3;1H3;1H2/b;;;4-2+;;. The highest BCUT2D eigenvalue weighted by atomic mass is 32.2. The number of pyridine rings is 2. The van der Waals surface area contributed by atoms with Crippen molar-refractivity contribution in [1.82, 2.24) is 46.0 Å². The number of ether oxygens (including phenoxy) is 9. The molecule has 3 aromatic carbocycles. The maximum absolute atomic E-state index is 12.6. The van der Waals surface area contributed by atoms with Crippen LogP contribution >= 0.6 is 23.5 Å². The van der Waals surface area contributed by atoms with Gasteiger partial charge in [0.05, 0.1) is 109 Å². The number of aldehydes is 1. The summed E-state index contributed by atoms with van der Waals surface area (Å²) in [5, 5.41) is 1.37. The number of methoxy groups -OCH3 is 6. The van der Waals surface area contributed by atoms with Crippen molar-refractivity contribution >= 4 is 79.5 Å². The third-order valence-electron chi connectivity index (χ3n) is 9.50. The van der Waals surface area contributed by atoms with Crippen LogP contribution in [0.2, 0.25) is 0 Å². The van der Waals surface area contributed by atoms with Gasteiger partial charge in [-0.25, -0.2) is 15.0 Å². The predicted octanol–water partition coefficient (Wildman–Crippen LogP) is 8.91. The second kappa shape index (κ2) is 33.5. The Morgan fingerprint density at radius 2 is 1.09 bits per heavy atom. The number of H-pyrrole nitrogens is 3. The van der Waals surface area contributed by atoms with Gasteiger partial charge in [0.15, 0.2) is 44.3 Å². The molecular formula is C48H53F6N9O13S3. The molecule has 1 unspecified atom stereocenters. The Labute approximate surface area is 457 Å². The van der Waals surface area contributed by atoms with Crippen LogP contribution in [-0.2, 0) is 41.4 Å². The Hall–Kier alpha value is -7.84. The minimum Gasteiger partial charge on any atom is -0.504 e. The zero-order valence-electron chi connectivity index (χ0n) is 42.6. The third kappa shape index (κ3) is 20.2. The summed E-state index contributed by atoms with van der Waals surface area (Å²) >= 11 is 2.64. The molecule has 22 nitrogen and oxygen atoms in total. The lowest BCUT2D eigenvalue weighted by Gasteiger charge is -2.10. The molecular weight excluding hydrogens is 1120 g/mol. The van der Waals surface area contributed by atoms with E-state index in [1.807, 2.05) is 0 Å². The van der Waals surface area contributed by atoms with Gasteiger partial charge in [0.25, 0.3) is 0 Å². The van der Waals surface area contributed by atoms with E-state index in [-0.39, 0.29) is 57.9 Å². The second-order valence-electron chi connectivity index (χ2n) is 14.5. The van der Waals surface area contributed by atoms with E-state index >= 15 is 0 Å². The first-order valence-corrected chi connectivity index (χ1v) is 25.1. The van der Waals surface area contributed by atoms with Gasteiger partial charge >= 0.3 is 19.8 Å². The lowest BCUT2D eigenvalue weighted by Crippen LogP contribution is -2.08. The third-order valence-corrected chi connectivity index (χ3v) is 12.5. The van der Waals surface area contributed by atoms with Gasteiger partial charge in [0.1, 0.15) is 30.1 Å². The summed E-state index contributed by atoms with van der Waals surface area (Å²) in [6, 6.07) is 16.6. The number of aromatic nitrogens is 8. The van der Waals surface area contributed by atoms with Crippen molar-refractivity contribution < 1.29 is 88.2 Å². The quantitative estimate of drug-likeness (QED) is 0.0153. The van der Waals surface area contributed by atoms with Crippen LogP contribution in [-0.4, -0.2) is 136 Å². The fraction of sp³-hybridized carbons (Fsp3) is 0.271. The molecule has 0 amide bonds. The summed E-state index contributed by atoms with van der Waals surface area (Å²) in [7, 11) is 7.46. The highest BCUT2D eigenvalue weighted by molar-refractivity contribution is 7.99. The van der Waals surface area contributed by atoms with Crippen LogP contribution in [0.25, 0.3) is 33.1 Å². The molecule has 79 heavy (non-hydrogen) atoms. The van der Waals surface area contributed by atoms with Crippen LogP contribution in [0.15, 0.2) is 107 Å². The Morgan fingerprint density at radius 3 is 1.52 bits per heavy atom. The summed E-state index contributed by atoms with van der Waals surface area (Å²) in [6.07, 6.45) is 6.42. The van der Waals surface area contributed by atoms with Crippen molar-refractivity contribution in [2.24, 2.45) is 0 Å². The SMILES string of the molecule is CO/C=C/C=O.COCC(=O)CSc1nc2ccc(OC(F)F)cc2[nH]1.COc1ccnc(CS(=O)c2nc3ccc(OC(F)F)cc3[nH]2)c1OC.COc1ccnc(CSc2nc3ccc(OC(F)F)cc3[nH]2)c1OC.N.O. The number of benzene rings is 3. The first-order valence-electron chi connectivity index (χ1n) is 21.8. The number of hydrogen-bond acceptors (Lipinski definition) is 20. The molecule has 0 fully saturated rings. The summed E-state index contributed by atoms with van der Waals surface area (Å²) in [5.74, 6) is 2.90. The second-order valence-corrected chi connectivity index (χ2v) is 17.8. The molecule has 0 aliphatic rings. The summed E-state index contributed by atoms with van der Waals surface area (Å²) in [5.41, 5.74) is 4.57. The van der Waals surface area contributed by atoms with Crippen LogP contribution in [0.1, 0.15) is 11.4 Å². The molecule has 8 rings (SSSR count). The van der Waals surface area contributed by atoms with Gasteiger partial charge in [-0.15, -0.1) is 0 Å². The smallest absolute Gasteiger partial charge is 0.387 e. The van der Waals surface area contributed by atoms with Crippen molar-refractivity contribution in [3.8, 4) is 40.2 Å². The van der Waals surface area contributed by atoms with E-state index < -0.39 is 30.6 Å². The van der Waals surface area contributed by atoms with Crippen LogP contribution < -0.4 is 39.3 Å². The average Bonchev–Trinajstić information content (AvgIpc) is 4.19. The Morgan fingerprint density at radius 1 is 0.633 bits per heavy atom. The molecule has 5 heterocycles. The van der Waals surface area contributed by atoms with Gasteiger partial charge in [-0.05, 0) is 36.4 Å². The van der Waals surface area contributed by atoms with Gasteiger partial charge < -0.3 is 69.2 Å². The number of aromatic amines is 3. The topological polar surface area (TPSA) is 313 Å². The van der Waals surface area contributed by atoms with E-state index in [1.165, 1.54) is 113 Å². The van der Waals surface area contributed by atoms with Crippen LogP contribution in [0.3, 0.4) is 0 Å². The number of ketones is 1. The first-order chi connectivity index (χ1) is 37.1. The predicted molar refractivity (Wildman–Crippen MR) is 281 cm³/mol. The number of imidazole rings is 3. The number of thioether (sulfide) groups is 2. The van der Waals surface area contributed by atoms with Crippen molar-refractivity contribution in [3.63, 3.8) is 0 Å². The molecule has 0 bridgehead atoms. The van der Waals surface area contributed by atoms with E-state index in [1.54, 1.807) is 44.7 Å². The Bertz CT molecular complexity index is 3230. The summed E-state index contributed by atoms with van der Waals surface area (Å²) in [6.45, 7) is -8.59.